The van der Waals surface area contributed by atoms with Crippen LogP contribution < -0.4 is 4.18 Å². The Bertz CT molecular complexity index is 931. The second-order valence-electron chi connectivity index (χ2n) is 7.82. The molecule has 3 rings (SSSR count). The summed E-state index contributed by atoms with van der Waals surface area (Å²) in [6.45, 7) is 5.49. The lowest BCUT2D eigenvalue weighted by molar-refractivity contribution is -0.0502. The number of hydrogen-bond acceptors (Lipinski definition) is 8. The number of aromatic nitrogens is 2. The molecule has 0 radical (unpaired) electrons. The molecule has 0 aromatic carbocycles. The number of thioether (sulfide) groups is 1. The van der Waals surface area contributed by atoms with E-state index in [1.54, 1.807) is 27.0 Å². The number of likely N-dealkylation sites (tertiary alicyclic amines) is 1. The lowest BCUT2D eigenvalue weighted by atomic mass is 9.88. The highest BCUT2D eigenvalue weighted by Crippen LogP contribution is 2.46. The fraction of sp³-hybridized carbons (Fsp3) is 0.688. The summed E-state index contributed by atoms with van der Waals surface area (Å²) in [6.07, 6.45) is 1.77. The Labute approximate surface area is 170 Å². The molecule has 8 nitrogen and oxygen atoms in total. The normalized spacial score (nSPS) is 21.7. The summed E-state index contributed by atoms with van der Waals surface area (Å²) in [5.74, 6) is -0.739. The summed E-state index contributed by atoms with van der Waals surface area (Å²) in [5, 5.41) is 0.0469. The Balaban J connectivity index is 2.02. The van der Waals surface area contributed by atoms with Crippen LogP contribution in [0, 0.1) is 5.92 Å². The van der Waals surface area contributed by atoms with Crippen LogP contribution in [0.4, 0.5) is 18.0 Å². The number of carbonyl (C=O) groups excluding carboxylic acids is 1. The van der Waals surface area contributed by atoms with Crippen molar-refractivity contribution in [2.24, 2.45) is 5.92 Å². The number of carbonyl (C=O) groups is 1. The molecule has 2 atom stereocenters. The molecule has 1 saturated heterocycles. The Morgan fingerprint density at radius 3 is 2.45 bits per heavy atom. The maximum Gasteiger partial charge on any atom is 0.534 e. The Hall–Kier alpha value is -1.76. The van der Waals surface area contributed by atoms with Crippen LogP contribution in [-0.4, -0.2) is 53.3 Å². The third-order valence-electron chi connectivity index (χ3n) is 4.46. The van der Waals surface area contributed by atoms with Crippen LogP contribution in [0.25, 0.3) is 0 Å². The first kappa shape index (κ1) is 21.9. The number of halogens is 3. The highest BCUT2D eigenvalue weighted by Gasteiger charge is 2.50. The van der Waals surface area contributed by atoms with Gasteiger partial charge in [0.05, 0.1) is 11.7 Å². The summed E-state index contributed by atoms with van der Waals surface area (Å²) in [5.41, 5.74) is -5.85. The second-order valence-corrected chi connectivity index (χ2v) is 10.1. The third kappa shape index (κ3) is 4.39. The van der Waals surface area contributed by atoms with Gasteiger partial charge in [0.25, 0.3) is 0 Å². The topological polar surface area (TPSA) is 98.7 Å². The lowest BCUT2D eigenvalue weighted by Crippen LogP contribution is -2.36. The fourth-order valence-electron chi connectivity index (χ4n) is 3.38. The van der Waals surface area contributed by atoms with Crippen molar-refractivity contribution in [3.8, 4) is 5.88 Å². The van der Waals surface area contributed by atoms with Gasteiger partial charge in [-0.1, -0.05) is 11.8 Å². The summed E-state index contributed by atoms with van der Waals surface area (Å²) in [6, 6.07) is -0.552. The van der Waals surface area contributed by atoms with E-state index in [9.17, 15) is 26.4 Å². The van der Waals surface area contributed by atoms with Crippen LogP contribution in [0.2, 0.25) is 0 Å². The van der Waals surface area contributed by atoms with Crippen LogP contribution >= 0.6 is 11.8 Å². The van der Waals surface area contributed by atoms with E-state index in [4.69, 9.17) is 4.74 Å². The molecule has 0 N–H and O–H groups in total. The Morgan fingerprint density at radius 1 is 1.24 bits per heavy atom. The number of amides is 1. The molecule has 29 heavy (non-hydrogen) atoms. The average Bonchev–Trinajstić information content (AvgIpc) is 2.91. The number of nitrogens with zero attached hydrogens (tertiary/aromatic N) is 3. The van der Waals surface area contributed by atoms with Crippen molar-refractivity contribution in [3.05, 3.63) is 11.3 Å². The van der Waals surface area contributed by atoms with Gasteiger partial charge in [-0.15, -0.1) is 0 Å². The summed E-state index contributed by atoms with van der Waals surface area (Å²) in [7, 11) is -5.88. The molecule has 0 saturated carbocycles. The van der Waals surface area contributed by atoms with Gasteiger partial charge in [-0.05, 0) is 45.8 Å². The summed E-state index contributed by atoms with van der Waals surface area (Å²) >= 11 is 1.02. The van der Waals surface area contributed by atoms with E-state index in [0.717, 1.165) is 11.8 Å². The molecule has 2 heterocycles. The molecule has 13 heteroatoms. The van der Waals surface area contributed by atoms with Crippen molar-refractivity contribution in [3.63, 3.8) is 0 Å². The molecule has 1 fully saturated rings. The van der Waals surface area contributed by atoms with Crippen LogP contribution in [0.1, 0.15) is 44.5 Å². The second kappa shape index (κ2) is 7.18. The standard InChI is InChI=1S/C16H20F3N3O5S2/c1-15(2,3)26-14(23)22-7-8-5-9-11(10(22)6-8)20-13(28-4)21-12(9)27-29(24,25)16(17,18)19/h8,10H,5-7H2,1-4H3/t8-,10-/m0/s1. The van der Waals surface area contributed by atoms with Gasteiger partial charge < -0.3 is 8.92 Å². The van der Waals surface area contributed by atoms with Gasteiger partial charge in [0.1, 0.15) is 5.60 Å². The maximum absolute atomic E-state index is 12.8. The molecule has 2 bridgehead atoms. The molecular formula is C16H20F3N3O5S2. The molecule has 0 unspecified atom stereocenters. The minimum atomic E-state index is -5.88. The van der Waals surface area contributed by atoms with Gasteiger partial charge in [0, 0.05) is 12.1 Å². The molecular weight excluding hydrogens is 435 g/mol. The van der Waals surface area contributed by atoms with Crippen molar-refractivity contribution < 1.29 is 35.3 Å². The predicted octanol–water partition coefficient (Wildman–Crippen LogP) is 3.28. The number of rotatable bonds is 3. The minimum absolute atomic E-state index is 0.0469. The molecule has 1 aliphatic carbocycles. The zero-order valence-electron chi connectivity index (χ0n) is 16.1. The molecule has 1 aromatic heterocycles. The quantitative estimate of drug-likeness (QED) is 0.296. The molecule has 1 amide bonds. The summed E-state index contributed by atoms with van der Waals surface area (Å²) in [4.78, 5) is 22.2. The van der Waals surface area contributed by atoms with Crippen molar-refractivity contribution in [1.29, 1.82) is 0 Å². The van der Waals surface area contributed by atoms with Crippen molar-refractivity contribution in [1.82, 2.24) is 14.9 Å². The van der Waals surface area contributed by atoms with Gasteiger partial charge in [0.15, 0.2) is 5.16 Å². The predicted molar refractivity (Wildman–Crippen MR) is 96.9 cm³/mol. The highest BCUT2D eigenvalue weighted by molar-refractivity contribution is 7.98. The maximum atomic E-state index is 12.8. The van der Waals surface area contributed by atoms with E-state index in [0.29, 0.717) is 13.0 Å². The van der Waals surface area contributed by atoms with Crippen LogP contribution in [0.15, 0.2) is 5.16 Å². The van der Waals surface area contributed by atoms with Crippen molar-refractivity contribution in [2.45, 2.75) is 55.9 Å². The van der Waals surface area contributed by atoms with E-state index < -0.39 is 39.2 Å². The first-order valence-electron chi connectivity index (χ1n) is 8.67. The van der Waals surface area contributed by atoms with Crippen LogP contribution in [0.3, 0.4) is 0 Å². The SMILES string of the molecule is CSc1nc(OS(=O)(=O)C(F)(F)F)c2c(n1)[C@@H]1C[C@H](C2)CN1C(=O)OC(C)(C)C. The van der Waals surface area contributed by atoms with E-state index >= 15 is 0 Å². The third-order valence-corrected chi connectivity index (χ3v) is 5.95. The van der Waals surface area contributed by atoms with Crippen molar-refractivity contribution >= 4 is 28.0 Å². The number of fused-ring (bicyclic) bond motifs is 4. The first-order chi connectivity index (χ1) is 13.2. The Kier molecular flexibility index (Phi) is 5.43. The van der Waals surface area contributed by atoms with Gasteiger partial charge in [0.2, 0.25) is 5.88 Å². The Morgan fingerprint density at radius 2 is 1.90 bits per heavy atom. The minimum Gasteiger partial charge on any atom is -0.444 e. The van der Waals surface area contributed by atoms with E-state index in [-0.39, 0.29) is 28.8 Å². The van der Waals surface area contributed by atoms with E-state index in [2.05, 4.69) is 14.2 Å². The smallest absolute Gasteiger partial charge is 0.444 e. The molecule has 0 spiro atoms. The zero-order chi connectivity index (χ0) is 21.8. The lowest BCUT2D eigenvalue weighted by Gasteiger charge is -2.29. The van der Waals surface area contributed by atoms with Gasteiger partial charge >= 0.3 is 21.7 Å². The van der Waals surface area contributed by atoms with Crippen LogP contribution in [0.5, 0.6) is 5.88 Å². The van der Waals surface area contributed by atoms with Crippen LogP contribution in [-0.2, 0) is 21.3 Å². The number of alkyl halides is 3. The van der Waals surface area contributed by atoms with Gasteiger partial charge in [-0.25, -0.2) is 9.78 Å². The fourth-order valence-corrected chi connectivity index (χ4v) is 4.18. The molecule has 1 aromatic rings. The molecule has 162 valence electrons. The largest absolute Gasteiger partial charge is 0.534 e. The summed E-state index contributed by atoms with van der Waals surface area (Å²) < 4.78 is 71.2. The van der Waals surface area contributed by atoms with Crippen molar-refractivity contribution in [2.75, 3.05) is 12.8 Å². The van der Waals surface area contributed by atoms with E-state index in [1.807, 2.05) is 0 Å². The monoisotopic (exact) mass is 455 g/mol. The molecule has 1 aliphatic heterocycles. The zero-order valence-corrected chi connectivity index (χ0v) is 17.7. The van der Waals surface area contributed by atoms with Gasteiger partial charge in [-0.2, -0.15) is 26.6 Å². The highest BCUT2D eigenvalue weighted by atomic mass is 32.2. The molecule has 2 aliphatic rings. The van der Waals surface area contributed by atoms with E-state index in [1.165, 1.54) is 4.90 Å². The van der Waals surface area contributed by atoms with Gasteiger partial charge in [-0.3, -0.25) is 4.90 Å². The number of ether oxygens (including phenoxy) is 1. The number of hydrogen-bond donors (Lipinski definition) is 0. The first-order valence-corrected chi connectivity index (χ1v) is 11.3. The average molecular weight is 455 g/mol.